The highest BCUT2D eigenvalue weighted by Gasteiger charge is 2.33. The molecule has 2 saturated heterocycles. The van der Waals surface area contributed by atoms with Crippen molar-refractivity contribution >= 4 is 0 Å². The number of piperazine rings is 1. The van der Waals surface area contributed by atoms with Crippen LogP contribution in [0.2, 0.25) is 0 Å². The van der Waals surface area contributed by atoms with Crippen LogP contribution >= 0.6 is 0 Å². The summed E-state index contributed by atoms with van der Waals surface area (Å²) < 4.78 is 5.73. The van der Waals surface area contributed by atoms with E-state index in [9.17, 15) is 0 Å². The number of hydrogen-bond donors (Lipinski definition) is 1. The summed E-state index contributed by atoms with van der Waals surface area (Å²) >= 11 is 0. The van der Waals surface area contributed by atoms with Gasteiger partial charge in [0.15, 0.2) is 0 Å². The number of rotatable bonds is 5. The quantitative estimate of drug-likeness (QED) is 0.829. The predicted molar refractivity (Wildman–Crippen MR) is 80.5 cm³/mol. The zero-order valence-corrected chi connectivity index (χ0v) is 13.2. The van der Waals surface area contributed by atoms with Crippen molar-refractivity contribution in [1.29, 1.82) is 0 Å². The van der Waals surface area contributed by atoms with Gasteiger partial charge in [0.1, 0.15) is 0 Å². The lowest BCUT2D eigenvalue weighted by atomic mass is 9.92. The van der Waals surface area contributed by atoms with Crippen LogP contribution in [-0.2, 0) is 4.74 Å². The van der Waals surface area contributed by atoms with Crippen LogP contribution in [0.15, 0.2) is 0 Å². The third-order valence-corrected chi connectivity index (χ3v) is 4.62. The molecule has 0 aliphatic carbocycles. The Hall–Kier alpha value is -0.120. The lowest BCUT2D eigenvalue weighted by Crippen LogP contribution is -2.62. The molecular formula is C16H32N2O. The van der Waals surface area contributed by atoms with Gasteiger partial charge in [0.25, 0.3) is 0 Å². The maximum atomic E-state index is 5.73. The standard InChI is InChI=1S/C16H32N2O/c1-13(2)15-11-17-16(3,4)12-18(15)9-5-7-14-8-6-10-19-14/h13-15,17H,5-12H2,1-4H3. The maximum Gasteiger partial charge on any atom is 0.0576 e. The van der Waals surface area contributed by atoms with Crippen LogP contribution in [-0.4, -0.2) is 48.8 Å². The summed E-state index contributed by atoms with van der Waals surface area (Å²) in [5, 5.41) is 3.68. The Morgan fingerprint density at radius 2 is 2.16 bits per heavy atom. The molecule has 2 unspecified atom stereocenters. The molecule has 112 valence electrons. The van der Waals surface area contributed by atoms with Crippen molar-refractivity contribution < 1.29 is 4.74 Å². The topological polar surface area (TPSA) is 24.5 Å². The van der Waals surface area contributed by atoms with Gasteiger partial charge in [0.05, 0.1) is 6.10 Å². The SMILES string of the molecule is CC(C)C1CNC(C)(C)CN1CCCC1CCCO1. The second-order valence-electron chi connectivity index (χ2n) is 7.32. The number of ether oxygens (including phenoxy) is 1. The van der Waals surface area contributed by atoms with Crippen LogP contribution in [0.1, 0.15) is 53.4 Å². The van der Waals surface area contributed by atoms with Crippen LogP contribution in [0.3, 0.4) is 0 Å². The lowest BCUT2D eigenvalue weighted by Gasteiger charge is -2.46. The van der Waals surface area contributed by atoms with Gasteiger partial charge in [-0.3, -0.25) is 4.90 Å². The average molecular weight is 268 g/mol. The van der Waals surface area contributed by atoms with Crippen molar-refractivity contribution in [3.8, 4) is 0 Å². The van der Waals surface area contributed by atoms with Gasteiger partial charge in [-0.2, -0.15) is 0 Å². The summed E-state index contributed by atoms with van der Waals surface area (Å²) in [6, 6.07) is 0.692. The summed E-state index contributed by atoms with van der Waals surface area (Å²) in [7, 11) is 0. The summed E-state index contributed by atoms with van der Waals surface area (Å²) in [6.07, 6.45) is 5.62. The molecule has 2 atom stereocenters. The van der Waals surface area contributed by atoms with Crippen LogP contribution < -0.4 is 5.32 Å². The van der Waals surface area contributed by atoms with E-state index >= 15 is 0 Å². The van der Waals surface area contributed by atoms with Gasteiger partial charge in [-0.05, 0) is 52.0 Å². The number of nitrogens with zero attached hydrogens (tertiary/aromatic N) is 1. The molecule has 0 aromatic heterocycles. The van der Waals surface area contributed by atoms with Crippen LogP contribution in [0.5, 0.6) is 0 Å². The highest BCUT2D eigenvalue weighted by atomic mass is 16.5. The first-order valence-electron chi connectivity index (χ1n) is 8.08. The van der Waals surface area contributed by atoms with E-state index in [1.54, 1.807) is 0 Å². The fourth-order valence-electron chi connectivity index (χ4n) is 3.49. The molecule has 1 N–H and O–H groups in total. The molecule has 0 saturated carbocycles. The van der Waals surface area contributed by atoms with Crippen LogP contribution in [0.4, 0.5) is 0 Å². The molecule has 2 rings (SSSR count). The number of hydrogen-bond acceptors (Lipinski definition) is 3. The Kier molecular flexibility index (Phi) is 5.27. The van der Waals surface area contributed by atoms with Crippen LogP contribution in [0, 0.1) is 5.92 Å². The zero-order valence-electron chi connectivity index (χ0n) is 13.2. The van der Waals surface area contributed by atoms with Crippen molar-refractivity contribution in [2.75, 3.05) is 26.2 Å². The molecule has 0 spiro atoms. The second kappa shape index (κ2) is 6.55. The summed E-state index contributed by atoms with van der Waals surface area (Å²) in [6.45, 7) is 13.8. The highest BCUT2D eigenvalue weighted by molar-refractivity contribution is 4.93. The average Bonchev–Trinajstić information content (AvgIpc) is 2.80. The van der Waals surface area contributed by atoms with Gasteiger partial charge < -0.3 is 10.1 Å². The fourth-order valence-corrected chi connectivity index (χ4v) is 3.49. The Morgan fingerprint density at radius 1 is 1.37 bits per heavy atom. The Balaban J connectivity index is 1.79. The van der Waals surface area contributed by atoms with Gasteiger partial charge in [0, 0.05) is 31.3 Å². The van der Waals surface area contributed by atoms with E-state index in [1.165, 1.54) is 38.8 Å². The largest absolute Gasteiger partial charge is 0.378 e. The molecular weight excluding hydrogens is 236 g/mol. The summed E-state index contributed by atoms with van der Waals surface area (Å²) in [4.78, 5) is 2.70. The van der Waals surface area contributed by atoms with Gasteiger partial charge in [-0.15, -0.1) is 0 Å². The van der Waals surface area contributed by atoms with Crippen molar-refractivity contribution in [3.63, 3.8) is 0 Å². The fraction of sp³-hybridized carbons (Fsp3) is 1.00. The molecule has 2 aliphatic heterocycles. The summed E-state index contributed by atoms with van der Waals surface area (Å²) in [5.41, 5.74) is 0.259. The first-order valence-corrected chi connectivity index (χ1v) is 8.08. The number of nitrogens with one attached hydrogen (secondary N) is 1. The van der Waals surface area contributed by atoms with E-state index in [1.807, 2.05) is 0 Å². The molecule has 2 aliphatic rings. The molecule has 2 heterocycles. The first kappa shape index (κ1) is 15.3. The second-order valence-corrected chi connectivity index (χ2v) is 7.32. The van der Waals surface area contributed by atoms with Crippen LogP contribution in [0.25, 0.3) is 0 Å². The lowest BCUT2D eigenvalue weighted by molar-refractivity contribution is 0.0581. The van der Waals surface area contributed by atoms with Gasteiger partial charge in [-0.1, -0.05) is 13.8 Å². The van der Waals surface area contributed by atoms with Crippen molar-refractivity contribution in [2.24, 2.45) is 5.92 Å². The zero-order chi connectivity index (χ0) is 13.9. The normalized spacial score (nSPS) is 32.1. The third kappa shape index (κ3) is 4.44. The van der Waals surface area contributed by atoms with Gasteiger partial charge in [-0.25, -0.2) is 0 Å². The molecule has 0 aromatic carbocycles. The van der Waals surface area contributed by atoms with E-state index in [-0.39, 0.29) is 5.54 Å². The van der Waals surface area contributed by atoms with E-state index in [4.69, 9.17) is 4.74 Å². The first-order chi connectivity index (χ1) is 8.98. The van der Waals surface area contributed by atoms with E-state index in [2.05, 4.69) is 37.9 Å². The Morgan fingerprint density at radius 3 is 2.79 bits per heavy atom. The minimum atomic E-state index is 0.259. The molecule has 0 amide bonds. The molecule has 19 heavy (non-hydrogen) atoms. The predicted octanol–water partition coefficient (Wildman–Crippen LogP) is 2.65. The molecule has 2 fully saturated rings. The molecule has 0 bridgehead atoms. The Bertz CT molecular complexity index is 272. The van der Waals surface area contributed by atoms with Crippen molar-refractivity contribution in [3.05, 3.63) is 0 Å². The molecule has 0 aromatic rings. The van der Waals surface area contributed by atoms with Crippen molar-refractivity contribution in [2.45, 2.75) is 71.1 Å². The minimum Gasteiger partial charge on any atom is -0.378 e. The molecule has 3 nitrogen and oxygen atoms in total. The van der Waals surface area contributed by atoms with Crippen molar-refractivity contribution in [1.82, 2.24) is 10.2 Å². The minimum absolute atomic E-state index is 0.259. The van der Waals surface area contributed by atoms with E-state index in [0.29, 0.717) is 12.1 Å². The van der Waals surface area contributed by atoms with E-state index in [0.717, 1.165) is 19.1 Å². The monoisotopic (exact) mass is 268 g/mol. The summed E-state index contributed by atoms with van der Waals surface area (Å²) in [5.74, 6) is 0.728. The van der Waals surface area contributed by atoms with E-state index < -0.39 is 0 Å². The third-order valence-electron chi connectivity index (χ3n) is 4.62. The van der Waals surface area contributed by atoms with Gasteiger partial charge in [0.2, 0.25) is 0 Å². The highest BCUT2D eigenvalue weighted by Crippen LogP contribution is 2.22. The van der Waals surface area contributed by atoms with Gasteiger partial charge >= 0.3 is 0 Å². The maximum absolute atomic E-state index is 5.73. The smallest absolute Gasteiger partial charge is 0.0576 e. The molecule has 3 heteroatoms. The Labute approximate surface area is 119 Å². The molecule has 0 radical (unpaired) electrons.